The summed E-state index contributed by atoms with van der Waals surface area (Å²) in [6.45, 7) is 0.253. The number of hydrogen-bond donors (Lipinski definition) is 2. The molecule has 0 aliphatic heterocycles. The Labute approximate surface area is 120 Å². The normalized spacial score (nSPS) is 10.7. The first-order valence-corrected chi connectivity index (χ1v) is 6.54. The number of nitrogens with one attached hydrogen (secondary N) is 2. The van der Waals surface area contributed by atoms with E-state index in [0.717, 1.165) is 16.5 Å². The van der Waals surface area contributed by atoms with Crippen LogP contribution in [0.3, 0.4) is 0 Å². The molecular weight excluding hydrogens is 268 g/mol. The maximum atomic E-state index is 11.8. The van der Waals surface area contributed by atoms with Gasteiger partial charge in [-0.3, -0.25) is 14.7 Å². The molecule has 6 heteroatoms. The second kappa shape index (κ2) is 5.24. The summed E-state index contributed by atoms with van der Waals surface area (Å²) in [5.41, 5.74) is 1.14. The molecule has 0 amide bonds. The van der Waals surface area contributed by atoms with Crippen LogP contribution < -0.4 is 16.4 Å². The summed E-state index contributed by atoms with van der Waals surface area (Å²) in [7, 11) is 1.77. The fraction of sp³-hybridized carbons (Fsp3) is 0.133. The Morgan fingerprint density at radius 2 is 2.00 bits per heavy atom. The quantitative estimate of drug-likeness (QED) is 0.756. The van der Waals surface area contributed by atoms with Gasteiger partial charge in [0.25, 0.3) is 11.1 Å². The zero-order chi connectivity index (χ0) is 14.8. The fourth-order valence-electron chi connectivity index (χ4n) is 2.25. The summed E-state index contributed by atoms with van der Waals surface area (Å²) in [5, 5.41) is 6.52. The van der Waals surface area contributed by atoms with Crippen LogP contribution in [-0.4, -0.2) is 21.8 Å². The zero-order valence-corrected chi connectivity index (χ0v) is 11.5. The number of rotatable bonds is 3. The van der Waals surface area contributed by atoms with Gasteiger partial charge in [-0.05, 0) is 12.1 Å². The van der Waals surface area contributed by atoms with E-state index in [-0.39, 0.29) is 17.7 Å². The molecule has 1 aromatic carbocycles. The van der Waals surface area contributed by atoms with Crippen LogP contribution in [0.15, 0.2) is 52.1 Å². The summed E-state index contributed by atoms with van der Waals surface area (Å²) < 4.78 is 1.27. The fourth-order valence-corrected chi connectivity index (χ4v) is 2.25. The van der Waals surface area contributed by atoms with Crippen LogP contribution in [0.5, 0.6) is 0 Å². The van der Waals surface area contributed by atoms with E-state index < -0.39 is 0 Å². The molecule has 3 rings (SSSR count). The summed E-state index contributed by atoms with van der Waals surface area (Å²) in [6, 6.07) is 12.2. The third-order valence-corrected chi connectivity index (χ3v) is 3.26. The molecule has 21 heavy (non-hydrogen) atoms. The lowest BCUT2D eigenvalue weighted by Gasteiger charge is -2.11. The number of pyridine rings is 1. The number of aromatic amines is 1. The van der Waals surface area contributed by atoms with E-state index in [0.29, 0.717) is 5.82 Å². The van der Waals surface area contributed by atoms with Crippen molar-refractivity contribution in [2.75, 3.05) is 12.4 Å². The summed E-state index contributed by atoms with van der Waals surface area (Å²) >= 11 is 0. The standard InChI is InChI=1S/C15H14N4O2/c1-16-15-11(8-10-4-2-3-5-12(10)17-15)9-19-14(21)7-6-13(20)18-19/h2-8H,9H2,1H3,(H,16,17)(H,18,20). The SMILES string of the molecule is CNc1nc2ccccc2cc1Cn1[nH]c(=O)ccc1=O. The van der Waals surface area contributed by atoms with Crippen molar-refractivity contribution in [2.24, 2.45) is 0 Å². The summed E-state index contributed by atoms with van der Waals surface area (Å²) in [4.78, 5) is 27.7. The highest BCUT2D eigenvalue weighted by Crippen LogP contribution is 2.20. The molecule has 0 radical (unpaired) electrons. The number of para-hydroxylation sites is 1. The van der Waals surface area contributed by atoms with Crippen molar-refractivity contribution < 1.29 is 0 Å². The molecule has 0 fully saturated rings. The summed E-state index contributed by atoms with van der Waals surface area (Å²) in [5.74, 6) is 0.685. The van der Waals surface area contributed by atoms with Crippen LogP contribution in [-0.2, 0) is 6.54 Å². The molecule has 2 heterocycles. The van der Waals surface area contributed by atoms with E-state index in [9.17, 15) is 9.59 Å². The molecule has 3 aromatic rings. The third-order valence-electron chi connectivity index (χ3n) is 3.26. The predicted molar refractivity (Wildman–Crippen MR) is 81.7 cm³/mol. The smallest absolute Gasteiger partial charge is 0.265 e. The van der Waals surface area contributed by atoms with E-state index in [2.05, 4.69) is 15.4 Å². The lowest BCUT2D eigenvalue weighted by atomic mass is 10.1. The van der Waals surface area contributed by atoms with Crippen LogP contribution in [0.4, 0.5) is 5.82 Å². The molecule has 0 aliphatic carbocycles. The minimum Gasteiger partial charge on any atom is -0.373 e. The second-order valence-corrected chi connectivity index (χ2v) is 4.67. The number of H-pyrrole nitrogens is 1. The Morgan fingerprint density at radius 3 is 2.81 bits per heavy atom. The minimum atomic E-state index is -0.311. The number of anilines is 1. The second-order valence-electron chi connectivity index (χ2n) is 4.67. The van der Waals surface area contributed by atoms with Crippen molar-refractivity contribution in [2.45, 2.75) is 6.54 Å². The van der Waals surface area contributed by atoms with Gasteiger partial charge < -0.3 is 5.32 Å². The van der Waals surface area contributed by atoms with E-state index in [1.54, 1.807) is 7.05 Å². The molecule has 0 atom stereocenters. The van der Waals surface area contributed by atoms with Crippen LogP contribution in [0.2, 0.25) is 0 Å². The summed E-state index contributed by atoms with van der Waals surface area (Å²) in [6.07, 6.45) is 0. The van der Waals surface area contributed by atoms with Gasteiger partial charge in [-0.1, -0.05) is 18.2 Å². The van der Waals surface area contributed by atoms with Crippen molar-refractivity contribution in [3.63, 3.8) is 0 Å². The first-order valence-electron chi connectivity index (χ1n) is 6.54. The molecule has 106 valence electrons. The van der Waals surface area contributed by atoms with E-state index in [4.69, 9.17) is 0 Å². The van der Waals surface area contributed by atoms with E-state index in [1.165, 1.54) is 16.8 Å². The Bertz CT molecular complexity index is 911. The Morgan fingerprint density at radius 1 is 1.19 bits per heavy atom. The topological polar surface area (TPSA) is 79.8 Å². The highest BCUT2D eigenvalue weighted by molar-refractivity contribution is 5.81. The maximum Gasteiger partial charge on any atom is 0.265 e. The van der Waals surface area contributed by atoms with Gasteiger partial charge in [-0.25, -0.2) is 9.67 Å². The number of fused-ring (bicyclic) bond motifs is 1. The van der Waals surface area contributed by atoms with Gasteiger partial charge in [-0.15, -0.1) is 0 Å². The van der Waals surface area contributed by atoms with E-state index in [1.807, 2.05) is 30.3 Å². The first kappa shape index (κ1) is 13.1. The zero-order valence-electron chi connectivity index (χ0n) is 11.5. The van der Waals surface area contributed by atoms with Gasteiger partial charge >= 0.3 is 0 Å². The number of benzene rings is 1. The van der Waals surface area contributed by atoms with Gasteiger partial charge in [0.15, 0.2) is 0 Å². The van der Waals surface area contributed by atoms with Gasteiger partial charge in [0.2, 0.25) is 0 Å². The van der Waals surface area contributed by atoms with Crippen molar-refractivity contribution in [1.29, 1.82) is 0 Å². The molecule has 0 saturated carbocycles. The Balaban J connectivity index is 2.13. The molecule has 0 unspecified atom stereocenters. The molecule has 0 spiro atoms. The molecular formula is C15H14N4O2. The number of aromatic nitrogens is 3. The highest BCUT2D eigenvalue weighted by atomic mass is 16.1. The van der Waals surface area contributed by atoms with E-state index >= 15 is 0 Å². The van der Waals surface area contributed by atoms with Crippen LogP contribution in [0, 0.1) is 0 Å². The van der Waals surface area contributed by atoms with Crippen LogP contribution in [0.25, 0.3) is 10.9 Å². The van der Waals surface area contributed by atoms with Gasteiger partial charge in [0.1, 0.15) is 5.82 Å². The first-order chi connectivity index (χ1) is 10.2. The van der Waals surface area contributed by atoms with Gasteiger partial charge in [-0.2, -0.15) is 0 Å². The van der Waals surface area contributed by atoms with Crippen molar-refractivity contribution in [3.8, 4) is 0 Å². The molecule has 0 aliphatic rings. The Kier molecular flexibility index (Phi) is 3.27. The lowest BCUT2D eigenvalue weighted by Crippen LogP contribution is -2.28. The lowest BCUT2D eigenvalue weighted by molar-refractivity contribution is 0.627. The molecule has 2 aromatic heterocycles. The average Bonchev–Trinajstić information content (AvgIpc) is 2.50. The van der Waals surface area contributed by atoms with Crippen molar-refractivity contribution >= 4 is 16.7 Å². The molecule has 0 saturated heterocycles. The molecule has 6 nitrogen and oxygen atoms in total. The third kappa shape index (κ3) is 2.55. The largest absolute Gasteiger partial charge is 0.373 e. The minimum absolute atomic E-state index is 0.253. The number of nitrogens with zero attached hydrogens (tertiary/aromatic N) is 2. The monoisotopic (exact) mass is 282 g/mol. The van der Waals surface area contributed by atoms with Crippen LogP contribution >= 0.6 is 0 Å². The Hall–Kier alpha value is -2.89. The maximum absolute atomic E-state index is 11.8. The highest BCUT2D eigenvalue weighted by Gasteiger charge is 2.07. The van der Waals surface area contributed by atoms with Crippen LogP contribution in [0.1, 0.15) is 5.56 Å². The number of hydrogen-bond acceptors (Lipinski definition) is 4. The van der Waals surface area contributed by atoms with Gasteiger partial charge in [0.05, 0.1) is 12.1 Å². The average molecular weight is 282 g/mol. The molecule has 0 bridgehead atoms. The molecule has 2 N–H and O–H groups in total. The van der Waals surface area contributed by atoms with Crippen molar-refractivity contribution in [1.82, 2.24) is 14.8 Å². The van der Waals surface area contributed by atoms with Gasteiger partial charge in [0, 0.05) is 30.1 Å². The predicted octanol–water partition coefficient (Wildman–Crippen LogP) is 1.17. The van der Waals surface area contributed by atoms with Crippen molar-refractivity contribution in [3.05, 3.63) is 68.7 Å².